The number of benzene rings is 1. The molecule has 1 heterocycles. The van der Waals surface area contributed by atoms with Crippen molar-refractivity contribution in [3.8, 4) is 0 Å². The van der Waals surface area contributed by atoms with Crippen molar-refractivity contribution < 1.29 is 9.53 Å². The van der Waals surface area contributed by atoms with Gasteiger partial charge in [-0.15, -0.1) is 0 Å². The number of carbonyl (C=O) groups is 1. The van der Waals surface area contributed by atoms with Gasteiger partial charge in [-0.2, -0.15) is 0 Å². The van der Waals surface area contributed by atoms with Gasteiger partial charge in [-0.3, -0.25) is 4.98 Å². The number of aryl methyl sites for hydroxylation is 1. The second-order valence-corrected chi connectivity index (χ2v) is 5.26. The molecular weight excluding hydrogens is 320 g/mol. The summed E-state index contributed by atoms with van der Waals surface area (Å²) < 4.78 is 5.80. The number of esters is 1. The molecule has 1 unspecified atom stereocenters. The van der Waals surface area contributed by atoms with E-state index in [9.17, 15) is 4.79 Å². The Labute approximate surface area is 126 Å². The summed E-state index contributed by atoms with van der Waals surface area (Å²) >= 11 is 3.40. The van der Waals surface area contributed by atoms with E-state index in [-0.39, 0.29) is 5.97 Å². The number of aromatic nitrogens is 1. The average molecular weight is 335 g/mol. The van der Waals surface area contributed by atoms with E-state index in [1.54, 1.807) is 6.20 Å². The monoisotopic (exact) mass is 334 g/mol. The van der Waals surface area contributed by atoms with E-state index in [2.05, 4.69) is 26.2 Å². The normalized spacial score (nSPS) is 11.8. The number of anilines is 1. The van der Waals surface area contributed by atoms with Gasteiger partial charge in [0.1, 0.15) is 0 Å². The van der Waals surface area contributed by atoms with Crippen molar-refractivity contribution in [2.75, 3.05) is 12.4 Å². The topological polar surface area (TPSA) is 51.2 Å². The molecule has 4 nitrogen and oxygen atoms in total. The highest BCUT2D eigenvalue weighted by Crippen LogP contribution is 2.23. The minimum absolute atomic E-state index is 0.351. The number of pyridine rings is 1. The molecule has 0 aliphatic heterocycles. The Morgan fingerprint density at radius 1 is 1.35 bits per heavy atom. The van der Waals surface area contributed by atoms with Gasteiger partial charge < -0.3 is 10.1 Å². The fourth-order valence-corrected chi connectivity index (χ4v) is 2.19. The van der Waals surface area contributed by atoms with E-state index in [1.165, 1.54) is 7.11 Å². The molecule has 0 fully saturated rings. The van der Waals surface area contributed by atoms with Gasteiger partial charge in [-0.25, -0.2) is 4.79 Å². The molecule has 0 amide bonds. The minimum Gasteiger partial charge on any atom is -0.467 e. The smallest absolute Gasteiger partial charge is 0.333 e. The molecule has 1 N–H and O–H groups in total. The summed E-state index contributed by atoms with van der Waals surface area (Å²) in [7, 11) is 1.37. The Kier molecular flexibility index (Phi) is 4.74. The van der Waals surface area contributed by atoms with E-state index in [0.29, 0.717) is 0 Å². The maximum absolute atomic E-state index is 12.0. The van der Waals surface area contributed by atoms with Crippen molar-refractivity contribution in [3.05, 3.63) is 58.3 Å². The molecule has 2 rings (SSSR count). The second-order valence-electron chi connectivity index (χ2n) is 4.34. The van der Waals surface area contributed by atoms with E-state index >= 15 is 0 Å². The third kappa shape index (κ3) is 3.57. The number of hydrogen-bond donors (Lipinski definition) is 1. The lowest BCUT2D eigenvalue weighted by molar-refractivity contribution is -0.141. The second kappa shape index (κ2) is 6.52. The Hall–Kier alpha value is -1.88. The molecule has 2 aromatic rings. The first-order valence-electron chi connectivity index (χ1n) is 6.12. The lowest BCUT2D eigenvalue weighted by Gasteiger charge is -2.18. The minimum atomic E-state index is -0.581. The molecule has 5 heteroatoms. The van der Waals surface area contributed by atoms with Crippen molar-refractivity contribution in [1.82, 2.24) is 4.98 Å². The van der Waals surface area contributed by atoms with Crippen LogP contribution in [0.2, 0.25) is 0 Å². The Morgan fingerprint density at radius 3 is 2.75 bits per heavy atom. The number of nitrogens with one attached hydrogen (secondary N) is 1. The predicted octanol–water partition coefficient (Wildman–Crippen LogP) is 3.48. The highest BCUT2D eigenvalue weighted by molar-refractivity contribution is 9.10. The summed E-state index contributed by atoms with van der Waals surface area (Å²) in [4.78, 5) is 16.2. The van der Waals surface area contributed by atoms with Crippen molar-refractivity contribution >= 4 is 27.6 Å². The fourth-order valence-electron chi connectivity index (χ4n) is 1.79. The number of methoxy groups -OCH3 is 1. The molecule has 1 aromatic heterocycles. The molecule has 1 aromatic carbocycles. The molecule has 0 radical (unpaired) electrons. The van der Waals surface area contributed by atoms with Crippen LogP contribution in [0, 0.1) is 6.92 Å². The largest absolute Gasteiger partial charge is 0.467 e. The maximum atomic E-state index is 12.0. The summed E-state index contributed by atoms with van der Waals surface area (Å²) in [5.41, 5.74) is 2.50. The van der Waals surface area contributed by atoms with E-state index < -0.39 is 6.04 Å². The van der Waals surface area contributed by atoms with Crippen molar-refractivity contribution in [2.24, 2.45) is 0 Å². The molecule has 1 atom stereocenters. The van der Waals surface area contributed by atoms with E-state index in [4.69, 9.17) is 4.74 Å². The standard InChI is InChI=1S/C15H15BrN2O2/c1-10-6-7-11(9-17-10)14(15(19)20-2)18-13-5-3-4-12(16)8-13/h3-9,14,18H,1-2H3. The Bertz CT molecular complexity index is 599. The first-order valence-corrected chi connectivity index (χ1v) is 6.92. The third-order valence-electron chi connectivity index (χ3n) is 2.84. The molecule has 0 saturated carbocycles. The SMILES string of the molecule is COC(=O)C(Nc1cccc(Br)c1)c1ccc(C)nc1. The van der Waals surface area contributed by atoms with E-state index in [0.717, 1.165) is 21.4 Å². The summed E-state index contributed by atoms with van der Waals surface area (Å²) in [6, 6.07) is 10.8. The Morgan fingerprint density at radius 2 is 2.15 bits per heavy atom. The van der Waals surface area contributed by atoms with Gasteiger partial charge in [-0.1, -0.05) is 28.1 Å². The molecule has 20 heavy (non-hydrogen) atoms. The third-order valence-corrected chi connectivity index (χ3v) is 3.33. The summed E-state index contributed by atoms with van der Waals surface area (Å²) in [6.07, 6.45) is 1.68. The van der Waals surface area contributed by atoms with Crippen molar-refractivity contribution in [1.29, 1.82) is 0 Å². The van der Waals surface area contributed by atoms with Crippen molar-refractivity contribution in [2.45, 2.75) is 13.0 Å². The summed E-state index contributed by atoms with van der Waals surface area (Å²) in [6.45, 7) is 1.90. The highest BCUT2D eigenvalue weighted by Gasteiger charge is 2.21. The highest BCUT2D eigenvalue weighted by atomic mass is 79.9. The number of rotatable bonds is 4. The van der Waals surface area contributed by atoms with Crippen LogP contribution >= 0.6 is 15.9 Å². The molecule has 0 aliphatic rings. The number of ether oxygens (including phenoxy) is 1. The zero-order chi connectivity index (χ0) is 14.5. The zero-order valence-corrected chi connectivity index (χ0v) is 12.8. The van der Waals surface area contributed by atoms with Crippen LogP contribution in [0.25, 0.3) is 0 Å². The first-order chi connectivity index (χ1) is 9.60. The zero-order valence-electron chi connectivity index (χ0n) is 11.3. The maximum Gasteiger partial charge on any atom is 0.333 e. The lowest BCUT2D eigenvalue weighted by atomic mass is 10.1. The van der Waals surface area contributed by atoms with Crippen LogP contribution in [0.5, 0.6) is 0 Å². The van der Waals surface area contributed by atoms with Crippen LogP contribution < -0.4 is 5.32 Å². The first kappa shape index (κ1) is 14.5. The molecule has 104 valence electrons. The Balaban J connectivity index is 2.28. The summed E-state index contributed by atoms with van der Waals surface area (Å²) in [5.74, 6) is -0.351. The van der Waals surface area contributed by atoms with Gasteiger partial charge in [-0.05, 0) is 31.2 Å². The van der Waals surface area contributed by atoms with Gasteiger partial charge in [0.25, 0.3) is 0 Å². The van der Waals surface area contributed by atoms with Crippen molar-refractivity contribution in [3.63, 3.8) is 0 Å². The molecule has 0 spiro atoms. The van der Waals surface area contributed by atoms with Crippen LogP contribution in [0.15, 0.2) is 47.1 Å². The van der Waals surface area contributed by atoms with Gasteiger partial charge in [0, 0.05) is 27.6 Å². The number of hydrogen-bond acceptors (Lipinski definition) is 4. The van der Waals surface area contributed by atoms with Gasteiger partial charge in [0.15, 0.2) is 6.04 Å². The predicted molar refractivity (Wildman–Crippen MR) is 81.5 cm³/mol. The van der Waals surface area contributed by atoms with Crippen LogP contribution in [0.4, 0.5) is 5.69 Å². The van der Waals surface area contributed by atoms with Gasteiger partial charge >= 0.3 is 5.97 Å². The fraction of sp³-hybridized carbons (Fsp3) is 0.200. The molecule has 0 saturated heterocycles. The van der Waals surface area contributed by atoms with Crippen LogP contribution in [0.1, 0.15) is 17.3 Å². The lowest BCUT2D eigenvalue weighted by Crippen LogP contribution is -2.22. The average Bonchev–Trinajstić information content (AvgIpc) is 2.45. The summed E-state index contributed by atoms with van der Waals surface area (Å²) in [5, 5.41) is 3.16. The quantitative estimate of drug-likeness (QED) is 0.869. The number of halogens is 1. The molecule has 0 bridgehead atoms. The van der Waals surface area contributed by atoms with Gasteiger partial charge in [0.05, 0.1) is 7.11 Å². The van der Waals surface area contributed by atoms with Crippen LogP contribution in [-0.2, 0) is 9.53 Å². The van der Waals surface area contributed by atoms with Crippen LogP contribution in [-0.4, -0.2) is 18.1 Å². The van der Waals surface area contributed by atoms with Gasteiger partial charge in [0.2, 0.25) is 0 Å². The molecule has 0 aliphatic carbocycles. The number of carbonyl (C=O) groups excluding carboxylic acids is 1. The molecular formula is C15H15BrN2O2. The van der Waals surface area contributed by atoms with E-state index in [1.807, 2.05) is 43.3 Å². The number of nitrogens with zero attached hydrogens (tertiary/aromatic N) is 1. The van der Waals surface area contributed by atoms with Crippen LogP contribution in [0.3, 0.4) is 0 Å².